The van der Waals surface area contributed by atoms with Crippen molar-refractivity contribution in [2.75, 3.05) is 19.3 Å². The number of carbonyl (C=O) groups is 1. The third kappa shape index (κ3) is 3.16. The van der Waals surface area contributed by atoms with Crippen LogP contribution in [0.15, 0.2) is 23.1 Å². The largest absolute Gasteiger partial charge is 0.349 e. The lowest BCUT2D eigenvalue weighted by atomic mass is 10.0. The first-order chi connectivity index (χ1) is 9.29. The minimum absolute atomic E-state index is 0.0439. The zero-order chi connectivity index (χ0) is 14.9. The second kappa shape index (κ2) is 5.49. The normalized spacial score (nSPS) is 17.4. The molecule has 0 radical (unpaired) electrons. The highest BCUT2D eigenvalue weighted by Gasteiger charge is 2.26. The number of amides is 1. The summed E-state index contributed by atoms with van der Waals surface area (Å²) < 4.78 is 36.4. The molecule has 1 aromatic rings. The molecule has 0 saturated carbocycles. The van der Waals surface area contributed by atoms with Gasteiger partial charge in [0.05, 0.1) is 12.0 Å². The number of benzene rings is 1. The van der Waals surface area contributed by atoms with Gasteiger partial charge in [-0.2, -0.15) is 0 Å². The molecule has 1 atom stereocenters. The van der Waals surface area contributed by atoms with E-state index in [0.717, 1.165) is 12.3 Å². The van der Waals surface area contributed by atoms with Crippen molar-refractivity contribution in [3.05, 3.63) is 29.6 Å². The maximum atomic E-state index is 13.8. The van der Waals surface area contributed by atoms with Crippen LogP contribution in [0.2, 0.25) is 0 Å². The predicted octanol–water partition coefficient (Wildman–Crippen LogP) is 0.626. The predicted molar refractivity (Wildman–Crippen MR) is 72.4 cm³/mol. The zero-order valence-electron chi connectivity index (χ0n) is 11.3. The Morgan fingerprint density at radius 1 is 1.45 bits per heavy atom. The zero-order valence-corrected chi connectivity index (χ0v) is 12.1. The summed E-state index contributed by atoms with van der Waals surface area (Å²) in [7, 11) is -3.58. The van der Waals surface area contributed by atoms with Crippen molar-refractivity contribution in [2.45, 2.75) is 17.9 Å². The van der Waals surface area contributed by atoms with Crippen LogP contribution in [0.3, 0.4) is 0 Å². The van der Waals surface area contributed by atoms with Gasteiger partial charge in [-0.25, -0.2) is 12.8 Å². The smallest absolute Gasteiger partial charge is 0.226 e. The highest BCUT2D eigenvalue weighted by atomic mass is 32.2. The molecule has 0 aromatic heterocycles. The molecule has 1 aliphatic rings. The van der Waals surface area contributed by atoms with Gasteiger partial charge >= 0.3 is 0 Å². The summed E-state index contributed by atoms with van der Waals surface area (Å²) in [5.41, 5.74) is 0.538. The van der Waals surface area contributed by atoms with E-state index in [2.05, 4.69) is 10.6 Å². The number of nitrogens with one attached hydrogen (secondary N) is 2. The Balaban J connectivity index is 2.12. The highest BCUT2D eigenvalue weighted by molar-refractivity contribution is 7.90. The van der Waals surface area contributed by atoms with Gasteiger partial charge in [-0.05, 0) is 24.6 Å². The van der Waals surface area contributed by atoms with Crippen LogP contribution in [0.25, 0.3) is 0 Å². The summed E-state index contributed by atoms with van der Waals surface area (Å²) in [5, 5.41) is 5.79. The average Bonchev–Trinajstić information content (AvgIpc) is 2.24. The Morgan fingerprint density at radius 3 is 2.55 bits per heavy atom. The maximum Gasteiger partial charge on any atom is 0.226 e. The molecule has 1 aromatic carbocycles. The Hall–Kier alpha value is -1.47. The first kappa shape index (κ1) is 14.9. The molecule has 1 heterocycles. The van der Waals surface area contributed by atoms with Crippen molar-refractivity contribution in [1.29, 1.82) is 0 Å². The molecule has 2 N–H and O–H groups in total. The summed E-state index contributed by atoms with van der Waals surface area (Å²) in [6.07, 6.45) is 0.958. The lowest BCUT2D eigenvalue weighted by Crippen LogP contribution is -2.51. The maximum absolute atomic E-state index is 13.8. The quantitative estimate of drug-likeness (QED) is 0.855. The minimum atomic E-state index is -3.58. The number of carbonyl (C=O) groups excluding carboxylic acids is 1. The number of halogens is 1. The summed E-state index contributed by atoms with van der Waals surface area (Å²) >= 11 is 0. The second-order valence-electron chi connectivity index (χ2n) is 5.05. The van der Waals surface area contributed by atoms with Crippen LogP contribution in [0.1, 0.15) is 18.5 Å². The molecule has 0 bridgehead atoms. The molecule has 0 aliphatic carbocycles. The van der Waals surface area contributed by atoms with Gasteiger partial charge in [-0.1, -0.05) is 6.07 Å². The summed E-state index contributed by atoms with van der Waals surface area (Å²) in [6.45, 7) is 3.04. The van der Waals surface area contributed by atoms with Gasteiger partial charge in [0.25, 0.3) is 0 Å². The molecular weight excluding hydrogens is 283 g/mol. The van der Waals surface area contributed by atoms with E-state index in [1.54, 1.807) is 6.92 Å². The summed E-state index contributed by atoms with van der Waals surface area (Å²) in [6, 6.07) is 3.53. The van der Waals surface area contributed by atoms with E-state index in [1.807, 2.05) is 0 Å². The van der Waals surface area contributed by atoms with Gasteiger partial charge in [0, 0.05) is 19.3 Å². The fraction of sp³-hybridized carbons (Fsp3) is 0.462. The van der Waals surface area contributed by atoms with Gasteiger partial charge in [0.2, 0.25) is 5.91 Å². The molecule has 110 valence electrons. The molecule has 1 aliphatic heterocycles. The van der Waals surface area contributed by atoms with E-state index in [-0.39, 0.29) is 22.8 Å². The van der Waals surface area contributed by atoms with E-state index in [1.165, 1.54) is 12.1 Å². The summed E-state index contributed by atoms with van der Waals surface area (Å²) in [5.74, 6) is -0.919. The van der Waals surface area contributed by atoms with Crippen LogP contribution in [-0.4, -0.2) is 33.7 Å². The topological polar surface area (TPSA) is 75.3 Å². The van der Waals surface area contributed by atoms with Crippen molar-refractivity contribution in [2.24, 2.45) is 5.92 Å². The standard InChI is InChI=1S/C13H17FN2O3S/c1-8(16-13(17)10-6-15-7-10)9-3-4-12(11(14)5-9)20(2,18)19/h3-5,8,10,15H,6-7H2,1-2H3,(H,16,17). The Morgan fingerprint density at radius 2 is 2.10 bits per heavy atom. The average molecular weight is 300 g/mol. The van der Waals surface area contributed by atoms with Crippen LogP contribution in [0.5, 0.6) is 0 Å². The molecule has 0 spiro atoms. The van der Waals surface area contributed by atoms with Gasteiger partial charge in [-0.15, -0.1) is 0 Å². The van der Waals surface area contributed by atoms with E-state index in [4.69, 9.17) is 0 Å². The van der Waals surface area contributed by atoms with Crippen molar-refractivity contribution in [3.8, 4) is 0 Å². The molecule has 7 heteroatoms. The van der Waals surface area contributed by atoms with Crippen molar-refractivity contribution >= 4 is 15.7 Å². The van der Waals surface area contributed by atoms with Crippen molar-refractivity contribution in [3.63, 3.8) is 0 Å². The lowest BCUT2D eigenvalue weighted by molar-refractivity contribution is -0.127. The lowest BCUT2D eigenvalue weighted by Gasteiger charge is -2.27. The molecule has 20 heavy (non-hydrogen) atoms. The van der Waals surface area contributed by atoms with Gasteiger partial charge in [0.1, 0.15) is 10.7 Å². The highest BCUT2D eigenvalue weighted by Crippen LogP contribution is 2.20. The third-order valence-corrected chi connectivity index (χ3v) is 4.50. The Labute approximate surface area is 117 Å². The SMILES string of the molecule is CC(NC(=O)C1CNC1)c1ccc(S(C)(=O)=O)c(F)c1. The number of hydrogen-bond acceptors (Lipinski definition) is 4. The van der Waals surface area contributed by atoms with Crippen molar-refractivity contribution in [1.82, 2.24) is 10.6 Å². The second-order valence-corrected chi connectivity index (χ2v) is 7.03. The molecule has 1 fully saturated rings. The summed E-state index contributed by atoms with van der Waals surface area (Å²) in [4.78, 5) is 11.4. The van der Waals surface area contributed by atoms with Gasteiger partial charge in [0.15, 0.2) is 9.84 Å². The fourth-order valence-corrected chi connectivity index (χ4v) is 2.70. The fourth-order valence-electron chi connectivity index (χ4n) is 1.98. The Bertz CT molecular complexity index is 627. The molecule has 2 rings (SSSR count). The van der Waals surface area contributed by atoms with Crippen LogP contribution in [-0.2, 0) is 14.6 Å². The van der Waals surface area contributed by atoms with Gasteiger partial charge < -0.3 is 10.6 Å². The monoisotopic (exact) mass is 300 g/mol. The first-order valence-corrected chi connectivity index (χ1v) is 8.19. The molecule has 1 amide bonds. The molecule has 5 nitrogen and oxygen atoms in total. The van der Waals surface area contributed by atoms with Gasteiger partial charge in [-0.3, -0.25) is 4.79 Å². The van der Waals surface area contributed by atoms with Crippen molar-refractivity contribution < 1.29 is 17.6 Å². The molecular formula is C13H17FN2O3S. The molecule has 1 saturated heterocycles. The van der Waals surface area contributed by atoms with Crippen LogP contribution < -0.4 is 10.6 Å². The van der Waals surface area contributed by atoms with Crippen LogP contribution in [0, 0.1) is 11.7 Å². The minimum Gasteiger partial charge on any atom is -0.349 e. The number of sulfone groups is 1. The molecule has 1 unspecified atom stereocenters. The van der Waals surface area contributed by atoms with Crippen LogP contribution in [0.4, 0.5) is 4.39 Å². The Kier molecular flexibility index (Phi) is 4.10. The van der Waals surface area contributed by atoms with E-state index in [0.29, 0.717) is 18.7 Å². The third-order valence-electron chi connectivity index (χ3n) is 3.37. The van der Waals surface area contributed by atoms with Crippen LogP contribution >= 0.6 is 0 Å². The number of rotatable bonds is 4. The number of hydrogen-bond donors (Lipinski definition) is 2. The van der Waals surface area contributed by atoms with E-state index in [9.17, 15) is 17.6 Å². The van der Waals surface area contributed by atoms with E-state index < -0.39 is 15.7 Å². The van der Waals surface area contributed by atoms with E-state index >= 15 is 0 Å². The first-order valence-electron chi connectivity index (χ1n) is 6.29.